The first-order chi connectivity index (χ1) is 25.0. The van der Waals surface area contributed by atoms with Crippen LogP contribution in [0.5, 0.6) is 0 Å². The SMILES string of the molecule is CC1(C)c2cc(C#N)ccc2-c2c(-c3ccc(-c4ccc5ccc(-c6nc(-c7ccccc7)nc(-c7ccccc7)n6)cc5c4)cc3)cccc21. The van der Waals surface area contributed by atoms with E-state index in [0.29, 0.717) is 23.0 Å². The van der Waals surface area contributed by atoms with Gasteiger partial charge >= 0.3 is 0 Å². The molecule has 0 atom stereocenters. The van der Waals surface area contributed by atoms with Crippen LogP contribution in [-0.4, -0.2) is 15.0 Å². The molecule has 7 aromatic carbocycles. The zero-order valence-electron chi connectivity index (χ0n) is 28.3. The molecule has 0 saturated carbocycles. The number of rotatable bonds is 5. The van der Waals surface area contributed by atoms with E-state index >= 15 is 0 Å². The molecule has 0 amide bonds. The van der Waals surface area contributed by atoms with Crippen LogP contribution in [-0.2, 0) is 5.41 Å². The van der Waals surface area contributed by atoms with E-state index in [2.05, 4.69) is 111 Å². The number of aromatic nitrogens is 3. The normalized spacial score (nSPS) is 12.6. The van der Waals surface area contributed by atoms with Crippen molar-refractivity contribution in [1.29, 1.82) is 5.26 Å². The summed E-state index contributed by atoms with van der Waals surface area (Å²) < 4.78 is 0. The first kappa shape index (κ1) is 30.4. The molecule has 0 unspecified atom stereocenters. The number of hydrogen-bond donors (Lipinski definition) is 0. The van der Waals surface area contributed by atoms with Crippen molar-refractivity contribution in [2.24, 2.45) is 0 Å². The van der Waals surface area contributed by atoms with E-state index in [1.165, 1.54) is 33.4 Å². The average Bonchev–Trinajstić information content (AvgIpc) is 3.43. The van der Waals surface area contributed by atoms with Gasteiger partial charge in [0.2, 0.25) is 0 Å². The van der Waals surface area contributed by atoms with E-state index in [-0.39, 0.29) is 5.41 Å². The van der Waals surface area contributed by atoms with Gasteiger partial charge in [0.25, 0.3) is 0 Å². The Kier molecular flexibility index (Phi) is 7.15. The fraction of sp³-hybridized carbons (Fsp3) is 0.0638. The Morgan fingerprint density at radius 3 is 1.65 bits per heavy atom. The molecule has 4 nitrogen and oxygen atoms in total. The van der Waals surface area contributed by atoms with Crippen LogP contribution in [0, 0.1) is 11.3 Å². The number of benzene rings is 7. The van der Waals surface area contributed by atoms with Gasteiger partial charge in [0.15, 0.2) is 17.5 Å². The van der Waals surface area contributed by atoms with Crippen LogP contribution >= 0.6 is 0 Å². The van der Waals surface area contributed by atoms with E-state index in [4.69, 9.17) is 15.0 Å². The van der Waals surface area contributed by atoms with Crippen LogP contribution in [0.3, 0.4) is 0 Å². The third kappa shape index (κ3) is 5.28. The van der Waals surface area contributed by atoms with Gasteiger partial charge in [-0.15, -0.1) is 0 Å². The second-order valence-corrected chi connectivity index (χ2v) is 13.6. The van der Waals surface area contributed by atoms with Crippen LogP contribution in [0.15, 0.2) is 158 Å². The summed E-state index contributed by atoms with van der Waals surface area (Å²) in [5.74, 6) is 1.94. The molecule has 1 aliphatic rings. The molecule has 4 heteroatoms. The van der Waals surface area contributed by atoms with Gasteiger partial charge in [-0.1, -0.05) is 147 Å². The molecular formula is C47H32N4. The molecular weight excluding hydrogens is 621 g/mol. The van der Waals surface area contributed by atoms with Gasteiger partial charge in [-0.05, 0) is 79.5 Å². The fourth-order valence-corrected chi connectivity index (χ4v) is 7.44. The molecule has 0 spiro atoms. The summed E-state index contributed by atoms with van der Waals surface area (Å²) in [5.41, 5.74) is 13.0. The highest BCUT2D eigenvalue weighted by Gasteiger charge is 2.37. The minimum absolute atomic E-state index is 0.176. The third-order valence-electron chi connectivity index (χ3n) is 10.2. The van der Waals surface area contributed by atoms with E-state index < -0.39 is 0 Å². The summed E-state index contributed by atoms with van der Waals surface area (Å²) in [7, 11) is 0. The van der Waals surface area contributed by atoms with Gasteiger partial charge in [-0.3, -0.25) is 0 Å². The number of nitrogens with zero attached hydrogens (tertiary/aromatic N) is 4. The van der Waals surface area contributed by atoms with E-state index in [0.717, 1.165) is 38.6 Å². The van der Waals surface area contributed by atoms with Crippen molar-refractivity contribution in [1.82, 2.24) is 15.0 Å². The molecule has 0 aliphatic heterocycles. The van der Waals surface area contributed by atoms with Crippen molar-refractivity contribution in [2.45, 2.75) is 19.3 Å². The lowest BCUT2D eigenvalue weighted by atomic mass is 9.81. The van der Waals surface area contributed by atoms with Crippen molar-refractivity contribution in [3.05, 3.63) is 174 Å². The second kappa shape index (κ2) is 12.0. The standard InChI is InChI=1S/C47H32N4/c1-47(2)41-15-9-14-39(43(41)40-25-16-30(29-48)26-42(40)47)33-21-17-31(18-22-33)36-23-19-32-20-24-37(28-38(32)27-36)46-50-44(34-10-5-3-6-11-34)49-45(51-46)35-12-7-4-8-13-35/h3-28H,1-2H3. The first-order valence-electron chi connectivity index (χ1n) is 17.2. The average molecular weight is 653 g/mol. The van der Waals surface area contributed by atoms with Crippen molar-refractivity contribution in [3.8, 4) is 73.6 Å². The smallest absolute Gasteiger partial charge is 0.164 e. The van der Waals surface area contributed by atoms with Crippen LogP contribution in [0.4, 0.5) is 0 Å². The van der Waals surface area contributed by atoms with Crippen molar-refractivity contribution >= 4 is 10.8 Å². The maximum Gasteiger partial charge on any atom is 0.164 e. The Bertz CT molecular complexity index is 2600. The lowest BCUT2D eigenvalue weighted by Crippen LogP contribution is -2.15. The van der Waals surface area contributed by atoms with Crippen LogP contribution in [0.2, 0.25) is 0 Å². The number of nitriles is 1. The highest BCUT2D eigenvalue weighted by Crippen LogP contribution is 2.52. The van der Waals surface area contributed by atoms with Crippen molar-refractivity contribution in [2.75, 3.05) is 0 Å². The summed E-state index contributed by atoms with van der Waals surface area (Å²) in [6.45, 7) is 4.50. The summed E-state index contributed by atoms with van der Waals surface area (Å²) in [4.78, 5) is 14.7. The van der Waals surface area contributed by atoms with E-state index in [9.17, 15) is 5.26 Å². The van der Waals surface area contributed by atoms with Crippen LogP contribution < -0.4 is 0 Å². The van der Waals surface area contributed by atoms with Gasteiger partial charge in [-0.2, -0.15) is 5.26 Å². The molecule has 51 heavy (non-hydrogen) atoms. The Morgan fingerprint density at radius 1 is 0.431 bits per heavy atom. The Morgan fingerprint density at radius 2 is 1.00 bits per heavy atom. The quantitative estimate of drug-likeness (QED) is 0.186. The van der Waals surface area contributed by atoms with Gasteiger partial charge in [-0.25, -0.2) is 15.0 Å². The second-order valence-electron chi connectivity index (χ2n) is 13.6. The Labute approximate surface area is 297 Å². The minimum atomic E-state index is -0.176. The highest BCUT2D eigenvalue weighted by molar-refractivity contribution is 5.94. The van der Waals surface area contributed by atoms with Crippen LogP contribution in [0.25, 0.3) is 78.3 Å². The maximum absolute atomic E-state index is 9.57. The zero-order valence-corrected chi connectivity index (χ0v) is 28.3. The van der Waals surface area contributed by atoms with Crippen LogP contribution in [0.1, 0.15) is 30.5 Å². The third-order valence-corrected chi connectivity index (χ3v) is 10.2. The largest absolute Gasteiger partial charge is 0.208 e. The zero-order chi connectivity index (χ0) is 34.5. The first-order valence-corrected chi connectivity index (χ1v) is 17.2. The molecule has 0 radical (unpaired) electrons. The summed E-state index contributed by atoms with van der Waals surface area (Å²) in [6, 6.07) is 57.0. The van der Waals surface area contributed by atoms with Gasteiger partial charge in [0.05, 0.1) is 11.6 Å². The Hall–Kier alpha value is -6.70. The predicted molar refractivity (Wildman–Crippen MR) is 207 cm³/mol. The van der Waals surface area contributed by atoms with Gasteiger partial charge < -0.3 is 0 Å². The van der Waals surface area contributed by atoms with Gasteiger partial charge in [0.1, 0.15) is 0 Å². The maximum atomic E-state index is 9.57. The summed E-state index contributed by atoms with van der Waals surface area (Å²) >= 11 is 0. The van der Waals surface area contributed by atoms with Gasteiger partial charge in [0, 0.05) is 22.1 Å². The molecule has 0 bridgehead atoms. The lowest BCUT2D eigenvalue weighted by Gasteiger charge is -2.21. The van der Waals surface area contributed by atoms with E-state index in [1.807, 2.05) is 66.7 Å². The molecule has 1 aromatic heterocycles. The summed E-state index contributed by atoms with van der Waals surface area (Å²) in [5, 5.41) is 11.8. The predicted octanol–water partition coefficient (Wildman–Crippen LogP) is 11.5. The monoisotopic (exact) mass is 652 g/mol. The molecule has 1 heterocycles. The molecule has 9 rings (SSSR count). The van der Waals surface area contributed by atoms with Crippen molar-refractivity contribution in [3.63, 3.8) is 0 Å². The number of hydrogen-bond acceptors (Lipinski definition) is 4. The van der Waals surface area contributed by atoms with Crippen molar-refractivity contribution < 1.29 is 0 Å². The molecule has 1 aliphatic carbocycles. The number of fused-ring (bicyclic) bond motifs is 4. The summed E-state index contributed by atoms with van der Waals surface area (Å²) in [6.07, 6.45) is 0. The molecule has 8 aromatic rings. The topological polar surface area (TPSA) is 62.5 Å². The van der Waals surface area contributed by atoms with E-state index in [1.54, 1.807) is 0 Å². The molecule has 0 N–H and O–H groups in total. The molecule has 0 fully saturated rings. The minimum Gasteiger partial charge on any atom is -0.208 e. The molecule has 0 saturated heterocycles. The molecule has 240 valence electrons. The highest BCUT2D eigenvalue weighted by atomic mass is 15.0. The fourth-order valence-electron chi connectivity index (χ4n) is 7.44. The Balaban J connectivity index is 1.08. The lowest BCUT2D eigenvalue weighted by molar-refractivity contribution is 0.660.